The number of nitrogens with zero attached hydrogens (tertiary/aromatic N) is 1. The topological polar surface area (TPSA) is 41.9 Å². The average Bonchev–Trinajstić information content (AvgIpc) is 2.50. The molecule has 0 saturated heterocycles. The van der Waals surface area contributed by atoms with Crippen molar-refractivity contribution < 1.29 is 14.6 Å². The molecule has 0 aliphatic rings. The number of aliphatic hydroxyl groups is 1. The van der Waals surface area contributed by atoms with E-state index in [-0.39, 0.29) is 0 Å². The summed E-state index contributed by atoms with van der Waals surface area (Å²) >= 11 is 0. The molecule has 0 heterocycles. The molecule has 0 aliphatic heterocycles. The maximum atomic E-state index is 10.5. The van der Waals surface area contributed by atoms with Crippen LogP contribution in [0.3, 0.4) is 0 Å². The zero-order chi connectivity index (χ0) is 15.7. The molecular weight excluding hydrogens is 266 g/mol. The van der Waals surface area contributed by atoms with E-state index in [0.717, 1.165) is 36.7 Å². The molecule has 120 valence electrons. The van der Waals surface area contributed by atoms with E-state index in [1.165, 1.54) is 0 Å². The number of ether oxygens (including phenoxy) is 2. The summed E-state index contributed by atoms with van der Waals surface area (Å²) in [5, 5.41) is 10.5. The van der Waals surface area contributed by atoms with Gasteiger partial charge < -0.3 is 19.5 Å². The Hall–Kier alpha value is -1.26. The van der Waals surface area contributed by atoms with Crippen molar-refractivity contribution in [3.8, 4) is 11.5 Å². The Kier molecular flexibility index (Phi) is 8.16. The molecule has 0 fully saturated rings. The summed E-state index contributed by atoms with van der Waals surface area (Å²) in [6, 6.07) is 5.65. The minimum atomic E-state index is -0.535. The van der Waals surface area contributed by atoms with Gasteiger partial charge >= 0.3 is 0 Å². The molecule has 1 rings (SSSR count). The second-order valence-electron chi connectivity index (χ2n) is 4.90. The molecule has 1 N–H and O–H groups in total. The van der Waals surface area contributed by atoms with E-state index in [9.17, 15) is 5.11 Å². The number of benzene rings is 1. The quantitative estimate of drug-likeness (QED) is 0.719. The molecule has 0 aromatic heterocycles. The van der Waals surface area contributed by atoms with E-state index in [1.807, 2.05) is 32.0 Å². The molecule has 0 amide bonds. The smallest absolute Gasteiger partial charge is 0.125 e. The fourth-order valence-corrected chi connectivity index (χ4v) is 2.33. The van der Waals surface area contributed by atoms with Crippen LogP contribution in [-0.4, -0.2) is 42.9 Å². The van der Waals surface area contributed by atoms with Gasteiger partial charge in [0, 0.05) is 12.1 Å². The van der Waals surface area contributed by atoms with Crippen LogP contribution in [0, 0.1) is 0 Å². The van der Waals surface area contributed by atoms with Gasteiger partial charge in [0.25, 0.3) is 0 Å². The van der Waals surface area contributed by atoms with Crippen molar-refractivity contribution in [1.29, 1.82) is 0 Å². The van der Waals surface area contributed by atoms with E-state index >= 15 is 0 Å². The van der Waals surface area contributed by atoms with Crippen LogP contribution in [0.2, 0.25) is 0 Å². The number of hydrogen-bond acceptors (Lipinski definition) is 4. The summed E-state index contributed by atoms with van der Waals surface area (Å²) < 4.78 is 11.1. The molecule has 1 aromatic carbocycles. The molecule has 0 saturated carbocycles. The van der Waals surface area contributed by atoms with Crippen LogP contribution in [0.25, 0.3) is 0 Å². The highest BCUT2D eigenvalue weighted by Crippen LogP contribution is 2.31. The van der Waals surface area contributed by atoms with Crippen molar-refractivity contribution in [2.45, 2.75) is 40.2 Å². The number of hydrogen-bond donors (Lipinski definition) is 1. The minimum absolute atomic E-state index is 0.535. The average molecular weight is 295 g/mol. The van der Waals surface area contributed by atoms with Crippen molar-refractivity contribution in [3.05, 3.63) is 23.8 Å². The third-order valence-electron chi connectivity index (χ3n) is 3.56. The fraction of sp³-hybridized carbons (Fsp3) is 0.647. The first-order chi connectivity index (χ1) is 10.2. The van der Waals surface area contributed by atoms with Crippen LogP contribution in [0.5, 0.6) is 11.5 Å². The lowest BCUT2D eigenvalue weighted by Crippen LogP contribution is -2.25. The molecule has 0 aliphatic carbocycles. The van der Waals surface area contributed by atoms with Crippen LogP contribution >= 0.6 is 0 Å². The summed E-state index contributed by atoms with van der Waals surface area (Å²) in [5.41, 5.74) is 0.815. The Bertz CT molecular complexity index is 405. The van der Waals surface area contributed by atoms with Crippen LogP contribution in [-0.2, 0) is 0 Å². The van der Waals surface area contributed by atoms with Gasteiger partial charge in [0.05, 0.1) is 19.3 Å². The summed E-state index contributed by atoms with van der Waals surface area (Å²) in [6.45, 7) is 12.2. The first-order valence-electron chi connectivity index (χ1n) is 7.96. The van der Waals surface area contributed by atoms with Gasteiger partial charge in [0.2, 0.25) is 0 Å². The van der Waals surface area contributed by atoms with Gasteiger partial charge in [-0.2, -0.15) is 0 Å². The summed E-state index contributed by atoms with van der Waals surface area (Å²) in [5.74, 6) is 1.52. The number of rotatable bonds is 10. The van der Waals surface area contributed by atoms with Gasteiger partial charge in [0.15, 0.2) is 0 Å². The van der Waals surface area contributed by atoms with Crippen molar-refractivity contribution >= 4 is 0 Å². The third kappa shape index (κ3) is 5.56. The Balaban J connectivity index is 2.82. The lowest BCUT2D eigenvalue weighted by molar-refractivity contribution is 0.140. The molecule has 0 bridgehead atoms. The van der Waals surface area contributed by atoms with Crippen LogP contribution in [0.4, 0.5) is 0 Å². The summed E-state index contributed by atoms with van der Waals surface area (Å²) in [4.78, 5) is 2.30. The third-order valence-corrected chi connectivity index (χ3v) is 3.56. The summed E-state index contributed by atoms with van der Waals surface area (Å²) in [6.07, 6.45) is 0.157. The van der Waals surface area contributed by atoms with E-state index in [1.54, 1.807) is 0 Å². The van der Waals surface area contributed by atoms with E-state index in [0.29, 0.717) is 19.6 Å². The molecule has 4 heteroatoms. The highest BCUT2D eigenvalue weighted by molar-refractivity contribution is 5.41. The zero-order valence-corrected chi connectivity index (χ0v) is 13.8. The van der Waals surface area contributed by atoms with Crippen molar-refractivity contribution in [1.82, 2.24) is 4.90 Å². The first-order valence-corrected chi connectivity index (χ1v) is 7.96. The first kappa shape index (κ1) is 17.8. The molecule has 0 radical (unpaired) electrons. The maximum Gasteiger partial charge on any atom is 0.125 e. The summed E-state index contributed by atoms with van der Waals surface area (Å²) in [7, 11) is 0. The predicted octanol–water partition coefficient (Wildman–Crippen LogP) is 3.25. The zero-order valence-electron chi connectivity index (χ0n) is 13.8. The second kappa shape index (κ2) is 9.64. The Morgan fingerprint density at radius 1 is 1.05 bits per heavy atom. The Morgan fingerprint density at radius 2 is 1.71 bits per heavy atom. The van der Waals surface area contributed by atoms with Crippen molar-refractivity contribution in [3.63, 3.8) is 0 Å². The standard InChI is InChI=1S/C17H29NO3/c1-5-18(6-2)12-11-16(19)15-13-14(20-7-3)9-10-17(15)21-8-4/h9-10,13,16,19H,5-8,11-12H2,1-4H3. The monoisotopic (exact) mass is 295 g/mol. The van der Waals surface area contributed by atoms with Crippen LogP contribution < -0.4 is 9.47 Å². The van der Waals surface area contributed by atoms with Crippen molar-refractivity contribution in [2.75, 3.05) is 32.8 Å². The number of aliphatic hydroxyl groups excluding tert-OH is 1. The molecule has 1 unspecified atom stereocenters. The van der Waals surface area contributed by atoms with Gasteiger partial charge in [-0.1, -0.05) is 13.8 Å². The highest BCUT2D eigenvalue weighted by Gasteiger charge is 2.16. The van der Waals surface area contributed by atoms with E-state index in [4.69, 9.17) is 9.47 Å². The van der Waals surface area contributed by atoms with Gasteiger partial charge in [-0.05, 0) is 51.6 Å². The molecule has 21 heavy (non-hydrogen) atoms. The second-order valence-corrected chi connectivity index (χ2v) is 4.90. The molecule has 4 nitrogen and oxygen atoms in total. The lowest BCUT2D eigenvalue weighted by atomic mass is 10.0. The molecule has 1 atom stereocenters. The van der Waals surface area contributed by atoms with E-state index in [2.05, 4.69) is 18.7 Å². The predicted molar refractivity (Wildman–Crippen MR) is 86.1 cm³/mol. The molecule has 0 spiro atoms. The van der Waals surface area contributed by atoms with Gasteiger partial charge in [0.1, 0.15) is 11.5 Å². The Labute approximate surface area is 128 Å². The fourth-order valence-electron chi connectivity index (χ4n) is 2.33. The van der Waals surface area contributed by atoms with Crippen LogP contribution in [0.1, 0.15) is 45.8 Å². The van der Waals surface area contributed by atoms with E-state index < -0.39 is 6.10 Å². The van der Waals surface area contributed by atoms with Crippen molar-refractivity contribution in [2.24, 2.45) is 0 Å². The Morgan fingerprint density at radius 3 is 2.29 bits per heavy atom. The van der Waals surface area contributed by atoms with Crippen LogP contribution in [0.15, 0.2) is 18.2 Å². The largest absolute Gasteiger partial charge is 0.494 e. The van der Waals surface area contributed by atoms with Gasteiger partial charge in [-0.25, -0.2) is 0 Å². The maximum absolute atomic E-state index is 10.5. The SMILES string of the molecule is CCOc1ccc(OCC)c(C(O)CCN(CC)CC)c1. The molecular formula is C17H29NO3. The van der Waals surface area contributed by atoms with Gasteiger partial charge in [-0.15, -0.1) is 0 Å². The van der Waals surface area contributed by atoms with Gasteiger partial charge in [-0.3, -0.25) is 0 Å². The minimum Gasteiger partial charge on any atom is -0.494 e. The highest BCUT2D eigenvalue weighted by atomic mass is 16.5. The molecule has 1 aromatic rings. The normalized spacial score (nSPS) is 12.5. The lowest BCUT2D eigenvalue weighted by Gasteiger charge is -2.22.